The maximum atomic E-state index is 6.64. The number of anilines is 4. The van der Waals surface area contributed by atoms with Crippen LogP contribution in [0.15, 0.2) is 188 Å². The molecule has 5 heteroatoms. The van der Waals surface area contributed by atoms with Crippen molar-refractivity contribution in [3.63, 3.8) is 0 Å². The van der Waals surface area contributed by atoms with Gasteiger partial charge >= 0.3 is 0 Å². The van der Waals surface area contributed by atoms with Gasteiger partial charge < -0.3 is 14.5 Å². The third-order valence-electron chi connectivity index (χ3n) is 10.4. The van der Waals surface area contributed by atoms with Crippen LogP contribution in [0.2, 0.25) is 0 Å². The van der Waals surface area contributed by atoms with E-state index in [1.54, 1.807) is 0 Å². The molecule has 9 aromatic rings. The van der Waals surface area contributed by atoms with Gasteiger partial charge in [0.15, 0.2) is 0 Å². The molecule has 54 heavy (non-hydrogen) atoms. The van der Waals surface area contributed by atoms with Crippen molar-refractivity contribution in [2.45, 2.75) is 6.92 Å². The average molecular weight is 697 g/mol. The third-order valence-corrected chi connectivity index (χ3v) is 10.4. The molecule has 0 N–H and O–H groups in total. The van der Waals surface area contributed by atoms with Gasteiger partial charge in [-0.25, -0.2) is 4.98 Å². The molecule has 10 rings (SSSR count). The van der Waals surface area contributed by atoms with Gasteiger partial charge in [0.2, 0.25) is 0 Å². The lowest BCUT2D eigenvalue weighted by molar-refractivity contribution is 0.482. The van der Waals surface area contributed by atoms with Crippen molar-refractivity contribution in [2.24, 2.45) is 0 Å². The van der Waals surface area contributed by atoms with Crippen molar-refractivity contribution in [3.05, 3.63) is 194 Å². The van der Waals surface area contributed by atoms with E-state index in [0.717, 1.165) is 45.4 Å². The molecule has 258 valence electrons. The van der Waals surface area contributed by atoms with Gasteiger partial charge in [-0.1, -0.05) is 121 Å². The molecule has 0 radical (unpaired) electrons. The summed E-state index contributed by atoms with van der Waals surface area (Å²) >= 11 is 0. The highest BCUT2D eigenvalue weighted by Gasteiger charge is 2.31. The monoisotopic (exact) mass is 696 g/mol. The van der Waals surface area contributed by atoms with Crippen LogP contribution in [0.25, 0.3) is 49.9 Å². The first-order valence-electron chi connectivity index (χ1n) is 18.3. The second kappa shape index (κ2) is 13.1. The van der Waals surface area contributed by atoms with E-state index < -0.39 is 0 Å². The van der Waals surface area contributed by atoms with E-state index >= 15 is 0 Å². The van der Waals surface area contributed by atoms with Crippen molar-refractivity contribution in [2.75, 3.05) is 16.5 Å². The van der Waals surface area contributed by atoms with Crippen LogP contribution < -0.4 is 14.5 Å². The number of hydrogen-bond acceptors (Lipinski definition) is 4. The minimum absolute atomic E-state index is 0.641. The Morgan fingerprint density at radius 2 is 1.09 bits per heavy atom. The Bertz CT molecular complexity index is 2750. The highest BCUT2D eigenvalue weighted by molar-refractivity contribution is 6.09. The molecule has 3 heterocycles. The molecule has 0 saturated carbocycles. The zero-order chi connectivity index (χ0) is 36.0. The van der Waals surface area contributed by atoms with Crippen LogP contribution in [0.3, 0.4) is 0 Å². The van der Waals surface area contributed by atoms with E-state index in [0.29, 0.717) is 6.67 Å². The molecule has 2 aromatic heterocycles. The number of rotatable bonds is 7. The van der Waals surface area contributed by atoms with E-state index in [1.807, 2.05) is 24.4 Å². The van der Waals surface area contributed by atoms with Crippen molar-refractivity contribution in [1.29, 1.82) is 0 Å². The molecule has 1 aliphatic rings. The summed E-state index contributed by atoms with van der Waals surface area (Å²) in [4.78, 5) is 9.66. The van der Waals surface area contributed by atoms with Crippen LogP contribution in [0.4, 0.5) is 22.7 Å². The molecule has 7 aromatic carbocycles. The van der Waals surface area contributed by atoms with E-state index in [1.165, 1.54) is 44.3 Å². The standard InChI is InChI=1S/C49H36N4O/c1-34-29-30-50-49-47(34)43-23-8-9-26-44(43)53(49)38-20-13-22-40(32-38)54-39-21-12-19-37(31-39)51-33-52(46-28-11-10-27-45(46)51)48-41(35-15-4-2-5-16-35)24-14-25-42(48)36-17-6-3-7-18-36/h2-32H,33H2,1H3. The number of benzene rings is 7. The van der Waals surface area contributed by atoms with Gasteiger partial charge in [0.05, 0.1) is 28.3 Å². The lowest BCUT2D eigenvalue weighted by atomic mass is 9.95. The minimum atomic E-state index is 0.641. The fraction of sp³-hybridized carbons (Fsp3) is 0.0408. The van der Waals surface area contributed by atoms with Gasteiger partial charge in [0.25, 0.3) is 0 Å². The fourth-order valence-electron chi connectivity index (χ4n) is 8.00. The van der Waals surface area contributed by atoms with E-state index in [-0.39, 0.29) is 0 Å². The molecule has 0 amide bonds. The van der Waals surface area contributed by atoms with Crippen LogP contribution in [-0.4, -0.2) is 16.2 Å². The summed E-state index contributed by atoms with van der Waals surface area (Å²) in [5.74, 6) is 1.53. The highest BCUT2D eigenvalue weighted by atomic mass is 16.5. The number of hydrogen-bond donors (Lipinski definition) is 0. The zero-order valence-corrected chi connectivity index (χ0v) is 29.8. The largest absolute Gasteiger partial charge is 0.457 e. The summed E-state index contributed by atoms with van der Waals surface area (Å²) in [7, 11) is 0. The van der Waals surface area contributed by atoms with Gasteiger partial charge in [0.1, 0.15) is 23.8 Å². The molecule has 1 aliphatic heterocycles. The first-order chi connectivity index (χ1) is 26.7. The Labute approximate surface area is 314 Å². The van der Waals surface area contributed by atoms with Gasteiger partial charge in [-0.15, -0.1) is 0 Å². The number of pyridine rings is 1. The minimum Gasteiger partial charge on any atom is -0.457 e. The summed E-state index contributed by atoms with van der Waals surface area (Å²) in [6.07, 6.45) is 1.89. The molecule has 0 aliphatic carbocycles. The molecule has 0 spiro atoms. The van der Waals surface area contributed by atoms with E-state index in [4.69, 9.17) is 9.72 Å². The first-order valence-corrected chi connectivity index (χ1v) is 18.3. The molecule has 0 bridgehead atoms. The summed E-state index contributed by atoms with van der Waals surface area (Å²) in [6.45, 7) is 2.79. The van der Waals surface area contributed by atoms with Crippen molar-refractivity contribution >= 4 is 44.7 Å². The Morgan fingerprint density at radius 3 is 1.80 bits per heavy atom. The van der Waals surface area contributed by atoms with Crippen LogP contribution in [0.1, 0.15) is 5.56 Å². The number of aromatic nitrogens is 2. The third kappa shape index (κ3) is 5.37. The maximum absolute atomic E-state index is 6.64. The van der Waals surface area contributed by atoms with Crippen molar-refractivity contribution < 1.29 is 4.74 Å². The second-order valence-corrected chi connectivity index (χ2v) is 13.7. The maximum Gasteiger partial charge on any atom is 0.145 e. The van der Waals surface area contributed by atoms with Gasteiger partial charge in [-0.3, -0.25) is 4.57 Å². The normalized spacial score (nSPS) is 12.4. The second-order valence-electron chi connectivity index (χ2n) is 13.7. The Hall–Kier alpha value is -7.11. The molecule has 0 fully saturated rings. The summed E-state index contributed by atoms with van der Waals surface area (Å²) in [5.41, 5.74) is 13.6. The summed E-state index contributed by atoms with van der Waals surface area (Å²) in [5, 5.41) is 2.37. The highest BCUT2D eigenvalue weighted by Crippen LogP contribution is 2.50. The molecule has 0 unspecified atom stereocenters. The SMILES string of the molecule is Cc1ccnc2c1c1ccccc1n2-c1cccc(Oc2cccc(N3CN(c4c(-c5ccccc5)cccc4-c4ccccc4)c4ccccc43)c2)c1. The summed E-state index contributed by atoms with van der Waals surface area (Å²) < 4.78 is 8.87. The quantitative estimate of drug-likeness (QED) is 0.166. The number of aryl methyl sites for hydroxylation is 1. The number of nitrogens with zero attached hydrogens (tertiary/aromatic N) is 4. The average Bonchev–Trinajstić information content (AvgIpc) is 3.79. The van der Waals surface area contributed by atoms with Crippen LogP contribution in [-0.2, 0) is 0 Å². The fourth-order valence-corrected chi connectivity index (χ4v) is 8.00. The number of para-hydroxylation sites is 4. The summed E-state index contributed by atoms with van der Waals surface area (Å²) in [6, 6.07) is 64.0. The molecule has 5 nitrogen and oxygen atoms in total. The molecular weight excluding hydrogens is 661 g/mol. The first kappa shape index (κ1) is 31.6. The molecule has 0 saturated heterocycles. The predicted molar refractivity (Wildman–Crippen MR) is 223 cm³/mol. The Balaban J connectivity index is 1.02. The van der Waals surface area contributed by atoms with E-state index in [2.05, 4.69) is 185 Å². The smallest absolute Gasteiger partial charge is 0.145 e. The number of ether oxygens (including phenoxy) is 1. The van der Waals surface area contributed by atoms with Crippen molar-refractivity contribution in [1.82, 2.24) is 9.55 Å². The number of fused-ring (bicyclic) bond motifs is 4. The van der Waals surface area contributed by atoms with Crippen LogP contribution in [0, 0.1) is 6.92 Å². The Morgan fingerprint density at radius 1 is 0.519 bits per heavy atom. The van der Waals surface area contributed by atoms with E-state index in [9.17, 15) is 0 Å². The van der Waals surface area contributed by atoms with Gasteiger partial charge in [-0.2, -0.15) is 0 Å². The topological polar surface area (TPSA) is 33.5 Å². The van der Waals surface area contributed by atoms with Crippen molar-refractivity contribution in [3.8, 4) is 39.4 Å². The Kier molecular flexibility index (Phi) is 7.69. The lowest BCUT2D eigenvalue weighted by Gasteiger charge is -2.27. The lowest BCUT2D eigenvalue weighted by Crippen LogP contribution is -2.24. The zero-order valence-electron chi connectivity index (χ0n) is 29.8. The van der Waals surface area contributed by atoms with Gasteiger partial charge in [-0.05, 0) is 72.1 Å². The van der Waals surface area contributed by atoms with Crippen LogP contribution >= 0.6 is 0 Å². The predicted octanol–water partition coefficient (Wildman–Crippen LogP) is 12.9. The molecule has 0 atom stereocenters. The molecular formula is C49H36N4O. The van der Waals surface area contributed by atoms with Crippen LogP contribution in [0.5, 0.6) is 11.5 Å². The van der Waals surface area contributed by atoms with Gasteiger partial charge in [0, 0.05) is 45.9 Å².